The third kappa shape index (κ3) is 1.89. The van der Waals surface area contributed by atoms with Crippen molar-refractivity contribution in [3.63, 3.8) is 0 Å². The monoisotopic (exact) mass is 244 g/mol. The second-order valence-corrected chi connectivity index (χ2v) is 5.17. The first-order chi connectivity index (χ1) is 8.70. The quantitative estimate of drug-likeness (QED) is 0.898. The smallest absolute Gasteiger partial charge is 0.120 e. The third-order valence-electron chi connectivity index (χ3n) is 3.79. The summed E-state index contributed by atoms with van der Waals surface area (Å²) in [5.74, 6) is 1.60. The maximum atomic E-state index is 6.35. The highest BCUT2D eigenvalue weighted by atomic mass is 16.5. The molecule has 1 aliphatic rings. The van der Waals surface area contributed by atoms with Crippen molar-refractivity contribution in [2.24, 2.45) is 18.7 Å². The minimum absolute atomic E-state index is 0.172. The minimum atomic E-state index is 0.172. The molecule has 1 heterocycles. The molecule has 1 fully saturated rings. The zero-order valence-corrected chi connectivity index (χ0v) is 11.0. The number of hydrogen-bond donors (Lipinski definition) is 1. The van der Waals surface area contributed by atoms with E-state index in [0.29, 0.717) is 12.5 Å². The molecular weight excluding hydrogens is 224 g/mol. The van der Waals surface area contributed by atoms with Crippen molar-refractivity contribution < 1.29 is 4.74 Å². The van der Waals surface area contributed by atoms with Gasteiger partial charge in [-0.2, -0.15) is 0 Å². The zero-order chi connectivity index (χ0) is 12.7. The average molecular weight is 244 g/mol. The first kappa shape index (κ1) is 11.6. The number of fused-ring (bicyclic) bond motifs is 1. The lowest BCUT2D eigenvalue weighted by Gasteiger charge is -2.09. The van der Waals surface area contributed by atoms with Crippen LogP contribution in [-0.2, 0) is 7.05 Å². The Hall–Kier alpha value is -1.48. The summed E-state index contributed by atoms with van der Waals surface area (Å²) in [7, 11) is 2.08. The first-order valence-corrected chi connectivity index (χ1v) is 6.68. The summed E-state index contributed by atoms with van der Waals surface area (Å²) >= 11 is 0. The van der Waals surface area contributed by atoms with Crippen molar-refractivity contribution in [2.45, 2.75) is 25.8 Å². The summed E-state index contributed by atoms with van der Waals surface area (Å²) in [6.45, 7) is 2.70. The highest BCUT2D eigenvalue weighted by Crippen LogP contribution is 2.42. The van der Waals surface area contributed by atoms with Crippen molar-refractivity contribution in [3.05, 3.63) is 30.0 Å². The Morgan fingerprint density at radius 2 is 2.22 bits per heavy atom. The molecule has 3 nitrogen and oxygen atoms in total. The molecule has 96 valence electrons. The summed E-state index contributed by atoms with van der Waals surface area (Å²) in [5.41, 5.74) is 8.84. The lowest BCUT2D eigenvalue weighted by molar-refractivity contribution is 0.340. The average Bonchev–Trinajstić information content (AvgIpc) is 3.15. The fourth-order valence-corrected chi connectivity index (χ4v) is 2.63. The summed E-state index contributed by atoms with van der Waals surface area (Å²) in [6.07, 6.45) is 4.70. The van der Waals surface area contributed by atoms with Crippen molar-refractivity contribution in [2.75, 3.05) is 6.61 Å². The van der Waals surface area contributed by atoms with E-state index in [1.54, 1.807) is 0 Å². The lowest BCUT2D eigenvalue weighted by Crippen LogP contribution is -2.11. The van der Waals surface area contributed by atoms with Gasteiger partial charge in [-0.25, -0.2) is 0 Å². The van der Waals surface area contributed by atoms with Gasteiger partial charge in [-0.15, -0.1) is 0 Å². The van der Waals surface area contributed by atoms with Gasteiger partial charge in [-0.05, 0) is 49.4 Å². The number of nitrogens with zero attached hydrogens (tertiary/aromatic N) is 1. The Morgan fingerprint density at radius 1 is 1.44 bits per heavy atom. The van der Waals surface area contributed by atoms with Crippen LogP contribution in [0.25, 0.3) is 10.9 Å². The second kappa shape index (κ2) is 4.32. The molecular formula is C15H20N2O. The molecule has 1 unspecified atom stereocenters. The first-order valence-electron chi connectivity index (χ1n) is 6.68. The standard InChI is InChI=1S/C15H20N2O/c1-3-18-11-6-7-14-12(8-11)13(9-17(14)2)15(16)10-4-5-10/h6-10,15H,3-5,16H2,1-2H3. The van der Waals surface area contributed by atoms with Crippen LogP contribution < -0.4 is 10.5 Å². The Kier molecular flexibility index (Phi) is 2.78. The van der Waals surface area contributed by atoms with Crippen LogP contribution in [0.4, 0.5) is 0 Å². The predicted molar refractivity (Wildman–Crippen MR) is 73.7 cm³/mol. The van der Waals surface area contributed by atoms with Crippen LogP contribution in [0.1, 0.15) is 31.4 Å². The van der Waals surface area contributed by atoms with E-state index in [1.165, 1.54) is 29.3 Å². The van der Waals surface area contributed by atoms with Gasteiger partial charge in [0.1, 0.15) is 5.75 Å². The van der Waals surface area contributed by atoms with E-state index < -0.39 is 0 Å². The van der Waals surface area contributed by atoms with Crippen molar-refractivity contribution in [1.29, 1.82) is 0 Å². The molecule has 2 N–H and O–H groups in total. The lowest BCUT2D eigenvalue weighted by atomic mass is 10.0. The Morgan fingerprint density at radius 3 is 2.89 bits per heavy atom. The number of aromatic nitrogens is 1. The van der Waals surface area contributed by atoms with Crippen LogP contribution in [0, 0.1) is 5.92 Å². The summed E-state index contributed by atoms with van der Waals surface area (Å²) in [5, 5.41) is 1.24. The largest absolute Gasteiger partial charge is 0.494 e. The summed E-state index contributed by atoms with van der Waals surface area (Å²) < 4.78 is 7.74. The number of nitrogens with two attached hydrogens (primary N) is 1. The molecule has 0 saturated heterocycles. The van der Waals surface area contributed by atoms with E-state index in [1.807, 2.05) is 13.0 Å². The number of aryl methyl sites for hydroxylation is 1. The second-order valence-electron chi connectivity index (χ2n) is 5.17. The van der Waals surface area contributed by atoms with Gasteiger partial charge in [-0.1, -0.05) is 0 Å². The molecule has 0 aliphatic heterocycles. The SMILES string of the molecule is CCOc1ccc2c(c1)c(C(N)C1CC1)cn2C. The van der Waals surface area contributed by atoms with Crippen LogP contribution in [0.3, 0.4) is 0 Å². The highest BCUT2D eigenvalue weighted by Gasteiger charge is 2.31. The molecule has 0 spiro atoms. The molecule has 0 bridgehead atoms. The van der Waals surface area contributed by atoms with Gasteiger partial charge in [-0.3, -0.25) is 0 Å². The molecule has 18 heavy (non-hydrogen) atoms. The number of ether oxygens (including phenoxy) is 1. The van der Waals surface area contributed by atoms with Crippen LogP contribution in [-0.4, -0.2) is 11.2 Å². The molecule has 0 radical (unpaired) electrons. The van der Waals surface area contributed by atoms with Gasteiger partial charge in [0, 0.05) is 30.2 Å². The van der Waals surface area contributed by atoms with Crippen LogP contribution in [0.5, 0.6) is 5.75 Å². The van der Waals surface area contributed by atoms with E-state index in [9.17, 15) is 0 Å². The van der Waals surface area contributed by atoms with Crippen molar-refractivity contribution in [3.8, 4) is 5.75 Å². The molecule has 1 aromatic carbocycles. The third-order valence-corrected chi connectivity index (χ3v) is 3.79. The summed E-state index contributed by atoms with van der Waals surface area (Å²) in [6, 6.07) is 6.43. The van der Waals surface area contributed by atoms with Gasteiger partial charge in [0.2, 0.25) is 0 Å². The molecule has 3 rings (SSSR count). The van der Waals surface area contributed by atoms with E-state index in [0.717, 1.165) is 5.75 Å². The van der Waals surface area contributed by atoms with Crippen molar-refractivity contribution in [1.82, 2.24) is 4.57 Å². The van der Waals surface area contributed by atoms with Crippen LogP contribution in [0.2, 0.25) is 0 Å². The van der Waals surface area contributed by atoms with E-state index in [2.05, 4.69) is 29.9 Å². The van der Waals surface area contributed by atoms with E-state index >= 15 is 0 Å². The fourth-order valence-electron chi connectivity index (χ4n) is 2.63. The molecule has 1 atom stereocenters. The van der Waals surface area contributed by atoms with Gasteiger partial charge < -0.3 is 15.0 Å². The number of rotatable bonds is 4. The molecule has 1 aromatic heterocycles. The zero-order valence-electron chi connectivity index (χ0n) is 11.0. The topological polar surface area (TPSA) is 40.2 Å². The Labute approximate surface area is 108 Å². The van der Waals surface area contributed by atoms with Gasteiger partial charge in [0.05, 0.1) is 6.61 Å². The predicted octanol–water partition coefficient (Wildman–Crippen LogP) is 2.99. The molecule has 3 heteroatoms. The Balaban J connectivity index is 2.09. The molecule has 1 saturated carbocycles. The fraction of sp³-hybridized carbons (Fsp3) is 0.467. The highest BCUT2D eigenvalue weighted by molar-refractivity contribution is 5.86. The molecule has 0 amide bonds. The molecule has 2 aromatic rings. The normalized spacial score (nSPS) is 17.1. The molecule has 1 aliphatic carbocycles. The minimum Gasteiger partial charge on any atom is -0.494 e. The van der Waals surface area contributed by atoms with Gasteiger partial charge >= 0.3 is 0 Å². The van der Waals surface area contributed by atoms with Crippen LogP contribution in [0.15, 0.2) is 24.4 Å². The van der Waals surface area contributed by atoms with Gasteiger partial charge in [0.25, 0.3) is 0 Å². The Bertz CT molecular complexity index is 569. The number of benzene rings is 1. The maximum Gasteiger partial charge on any atom is 0.120 e. The van der Waals surface area contributed by atoms with E-state index in [4.69, 9.17) is 10.5 Å². The van der Waals surface area contributed by atoms with E-state index in [-0.39, 0.29) is 6.04 Å². The number of hydrogen-bond acceptors (Lipinski definition) is 2. The van der Waals surface area contributed by atoms with Crippen molar-refractivity contribution >= 4 is 10.9 Å². The van der Waals surface area contributed by atoms with Crippen LogP contribution >= 0.6 is 0 Å². The summed E-state index contributed by atoms with van der Waals surface area (Å²) in [4.78, 5) is 0. The maximum absolute atomic E-state index is 6.35. The van der Waals surface area contributed by atoms with Gasteiger partial charge in [0.15, 0.2) is 0 Å².